The molecule has 2 aliphatic carbocycles. The molecule has 1 saturated heterocycles. The number of guanidine groups is 1. The molecule has 2 fully saturated rings. The van der Waals surface area contributed by atoms with Crippen LogP contribution in [0.2, 0.25) is 0 Å². The number of rotatable bonds is 5. The van der Waals surface area contributed by atoms with Crippen LogP contribution in [0.1, 0.15) is 33.1 Å². The van der Waals surface area contributed by atoms with E-state index in [1.165, 1.54) is 12.8 Å². The largest absolute Gasteiger partial charge is 0.367 e. The molecule has 0 radical (unpaired) electrons. The van der Waals surface area contributed by atoms with Crippen LogP contribution in [0.3, 0.4) is 0 Å². The minimum Gasteiger partial charge on any atom is -0.367 e. The Morgan fingerprint density at radius 1 is 1.38 bits per heavy atom. The van der Waals surface area contributed by atoms with Gasteiger partial charge in [0.2, 0.25) is 11.9 Å². The van der Waals surface area contributed by atoms with Crippen molar-refractivity contribution in [1.29, 1.82) is 0 Å². The molecular weight excluding hydrogens is 328 g/mol. The lowest BCUT2D eigenvalue weighted by Crippen LogP contribution is -2.55. The van der Waals surface area contributed by atoms with Gasteiger partial charge in [-0.2, -0.15) is 0 Å². The van der Waals surface area contributed by atoms with Crippen LogP contribution < -0.4 is 5.32 Å². The maximum Gasteiger partial charge on any atom is 0.220 e. The van der Waals surface area contributed by atoms with Crippen molar-refractivity contribution in [3.63, 3.8) is 0 Å². The highest BCUT2D eigenvalue weighted by atomic mass is 16.5. The van der Waals surface area contributed by atoms with Gasteiger partial charge >= 0.3 is 0 Å². The molecule has 0 spiro atoms. The van der Waals surface area contributed by atoms with E-state index in [2.05, 4.69) is 44.6 Å². The Balaban J connectivity index is 1.18. The van der Waals surface area contributed by atoms with E-state index < -0.39 is 0 Å². The predicted molar refractivity (Wildman–Crippen MR) is 102 cm³/mol. The number of aliphatic imine (C=N–C) groups is 2. The fraction of sp³-hybridized carbons (Fsp3) is 0.650. The van der Waals surface area contributed by atoms with Crippen LogP contribution in [-0.2, 0) is 9.53 Å². The highest BCUT2D eigenvalue weighted by Crippen LogP contribution is 2.37. The Morgan fingerprint density at radius 2 is 2.19 bits per heavy atom. The van der Waals surface area contributed by atoms with Gasteiger partial charge in [-0.3, -0.25) is 9.79 Å². The van der Waals surface area contributed by atoms with E-state index in [1.54, 1.807) is 6.92 Å². The lowest BCUT2D eigenvalue weighted by molar-refractivity contribution is -0.119. The molecule has 140 valence electrons. The van der Waals surface area contributed by atoms with Gasteiger partial charge in [0.15, 0.2) is 0 Å². The van der Waals surface area contributed by atoms with E-state index >= 15 is 0 Å². The second kappa shape index (κ2) is 7.35. The van der Waals surface area contributed by atoms with Crippen molar-refractivity contribution >= 4 is 18.1 Å². The van der Waals surface area contributed by atoms with Crippen LogP contribution in [0, 0.1) is 11.8 Å². The van der Waals surface area contributed by atoms with Gasteiger partial charge in [-0.1, -0.05) is 18.2 Å². The third-order valence-corrected chi connectivity index (χ3v) is 5.56. The molecule has 3 atom stereocenters. The Bertz CT molecular complexity index is 671. The van der Waals surface area contributed by atoms with Crippen molar-refractivity contribution < 1.29 is 9.53 Å². The molecule has 0 aromatic heterocycles. The lowest BCUT2D eigenvalue weighted by Gasteiger charge is -2.41. The molecule has 0 aromatic carbocycles. The summed E-state index contributed by atoms with van der Waals surface area (Å²) in [5.41, 5.74) is 1.14. The summed E-state index contributed by atoms with van der Waals surface area (Å²) in [5.74, 6) is 2.28. The first-order valence-corrected chi connectivity index (χ1v) is 9.73. The van der Waals surface area contributed by atoms with Crippen LogP contribution in [0.25, 0.3) is 0 Å². The minimum absolute atomic E-state index is 0.00327. The molecule has 2 unspecified atom stereocenters. The molecule has 2 aliphatic heterocycles. The topological polar surface area (TPSA) is 66.3 Å². The zero-order valence-electron chi connectivity index (χ0n) is 15.6. The Morgan fingerprint density at radius 3 is 2.77 bits per heavy atom. The van der Waals surface area contributed by atoms with Crippen molar-refractivity contribution in [2.24, 2.45) is 21.8 Å². The van der Waals surface area contributed by atoms with Crippen molar-refractivity contribution in [2.45, 2.75) is 51.4 Å². The summed E-state index contributed by atoms with van der Waals surface area (Å²) in [5, 5.41) is 2.91. The molecule has 1 N–H and O–H groups in total. The van der Waals surface area contributed by atoms with Gasteiger partial charge in [-0.15, -0.1) is 0 Å². The number of hydrogen-bond donors (Lipinski definition) is 1. The number of carbonyl (C=O) groups is 1. The number of amides is 1. The minimum atomic E-state index is -0.00327. The fourth-order valence-corrected chi connectivity index (χ4v) is 3.78. The van der Waals surface area contributed by atoms with E-state index in [0.29, 0.717) is 5.92 Å². The summed E-state index contributed by atoms with van der Waals surface area (Å²) < 4.78 is 6.16. The number of nitrogens with one attached hydrogen (secondary N) is 1. The van der Waals surface area contributed by atoms with Gasteiger partial charge in [-0.25, -0.2) is 4.99 Å². The summed E-state index contributed by atoms with van der Waals surface area (Å²) in [4.78, 5) is 22.6. The van der Waals surface area contributed by atoms with Gasteiger partial charge in [-0.05, 0) is 37.7 Å². The van der Waals surface area contributed by atoms with Crippen molar-refractivity contribution in [3.8, 4) is 0 Å². The van der Waals surface area contributed by atoms with Crippen molar-refractivity contribution in [1.82, 2.24) is 10.2 Å². The molecule has 6 nitrogen and oxygen atoms in total. The van der Waals surface area contributed by atoms with Crippen LogP contribution in [0.4, 0.5) is 0 Å². The zero-order chi connectivity index (χ0) is 18.1. The number of likely N-dealkylation sites (tertiary alicyclic amines) is 1. The summed E-state index contributed by atoms with van der Waals surface area (Å²) >= 11 is 0. The van der Waals surface area contributed by atoms with Gasteiger partial charge in [0, 0.05) is 32.1 Å². The molecule has 26 heavy (non-hydrogen) atoms. The molecule has 1 saturated carbocycles. The standard InChI is InChI=1S/C20H28N4O2/c1-13(23-14(2)25)15-5-7-18(8-6-15)26-19-11-24(12-19)20-21-9-17(10-22-20)16-3-4-16/h5-7,9,13,16-19H,3-4,8,10-12H2,1-2H3,(H,23,25)/t13-,17?,18?/m0/s1. The Kier molecular flexibility index (Phi) is 4.94. The molecule has 0 bridgehead atoms. The van der Waals surface area contributed by atoms with Gasteiger partial charge in [0.1, 0.15) is 0 Å². The summed E-state index contributed by atoms with van der Waals surface area (Å²) in [6.45, 7) is 6.18. The van der Waals surface area contributed by atoms with Gasteiger partial charge in [0.05, 0.1) is 24.8 Å². The monoisotopic (exact) mass is 356 g/mol. The molecule has 2 heterocycles. The van der Waals surface area contributed by atoms with E-state index in [4.69, 9.17) is 4.74 Å². The van der Waals surface area contributed by atoms with E-state index in [0.717, 1.165) is 43.5 Å². The number of hydrogen-bond acceptors (Lipinski definition) is 5. The smallest absolute Gasteiger partial charge is 0.220 e. The first-order valence-electron chi connectivity index (χ1n) is 9.73. The van der Waals surface area contributed by atoms with Crippen LogP contribution in [0.15, 0.2) is 33.8 Å². The average Bonchev–Trinajstić information content (AvgIpc) is 3.43. The SMILES string of the molecule is CC(=O)N[C@@H](C)C1=CCC(OC2CN(C3=NCC(C4CC4)C=N3)C2)C=C1. The second-order valence-electron chi connectivity index (χ2n) is 7.84. The number of carbonyl (C=O) groups excluding carboxylic acids is 1. The first-order chi connectivity index (χ1) is 12.6. The van der Waals surface area contributed by atoms with E-state index in [9.17, 15) is 4.79 Å². The third-order valence-electron chi connectivity index (χ3n) is 5.56. The van der Waals surface area contributed by atoms with Crippen LogP contribution >= 0.6 is 0 Å². The van der Waals surface area contributed by atoms with Crippen molar-refractivity contribution in [3.05, 3.63) is 23.8 Å². The lowest BCUT2D eigenvalue weighted by atomic mass is 9.99. The maximum absolute atomic E-state index is 11.2. The molecular formula is C20H28N4O2. The quantitative estimate of drug-likeness (QED) is 0.819. The second-order valence-corrected chi connectivity index (χ2v) is 7.84. The molecule has 4 aliphatic rings. The van der Waals surface area contributed by atoms with E-state index in [1.807, 2.05) is 6.92 Å². The third kappa shape index (κ3) is 4.06. The number of ether oxygens (including phenoxy) is 1. The van der Waals surface area contributed by atoms with Crippen LogP contribution in [-0.4, -0.2) is 60.9 Å². The summed E-state index contributed by atoms with van der Waals surface area (Å²) in [6.07, 6.45) is 12.3. The highest BCUT2D eigenvalue weighted by Gasteiger charge is 2.35. The summed E-state index contributed by atoms with van der Waals surface area (Å²) in [7, 11) is 0. The van der Waals surface area contributed by atoms with Gasteiger partial charge in [0.25, 0.3) is 0 Å². The first kappa shape index (κ1) is 17.5. The molecule has 1 amide bonds. The Labute approximate surface area is 155 Å². The molecule has 0 aromatic rings. The van der Waals surface area contributed by atoms with Gasteiger partial charge < -0.3 is 15.0 Å². The van der Waals surface area contributed by atoms with Crippen molar-refractivity contribution in [2.75, 3.05) is 19.6 Å². The fourth-order valence-electron chi connectivity index (χ4n) is 3.78. The molecule has 6 heteroatoms. The van der Waals surface area contributed by atoms with E-state index in [-0.39, 0.29) is 24.2 Å². The highest BCUT2D eigenvalue weighted by molar-refractivity contribution is 5.90. The number of nitrogens with zero attached hydrogens (tertiary/aromatic N) is 3. The predicted octanol–water partition coefficient (Wildman–Crippen LogP) is 1.93. The average molecular weight is 356 g/mol. The zero-order valence-corrected chi connectivity index (χ0v) is 15.6. The molecule has 4 rings (SSSR count). The maximum atomic E-state index is 11.2. The summed E-state index contributed by atoms with van der Waals surface area (Å²) in [6, 6.07) is 0.0468. The Hall–Kier alpha value is -1.95. The normalized spacial score (nSPS) is 29.7. The van der Waals surface area contributed by atoms with Crippen LogP contribution in [0.5, 0.6) is 0 Å².